The second kappa shape index (κ2) is 8.71. The number of hydrogen-bond donors (Lipinski definition) is 3. The molecular weight excluding hydrogens is 346 g/mol. The molecular formula is C20H31N3O4. The number of carbonyl (C=O) groups is 2. The van der Waals surface area contributed by atoms with Crippen LogP contribution in [0.1, 0.15) is 46.1 Å². The lowest BCUT2D eigenvalue weighted by molar-refractivity contribution is -0.119. The Hall–Kier alpha value is -2.12. The van der Waals surface area contributed by atoms with Gasteiger partial charge in [-0.25, -0.2) is 4.79 Å². The monoisotopic (exact) mass is 377 g/mol. The van der Waals surface area contributed by atoms with Gasteiger partial charge in [0.1, 0.15) is 11.8 Å². The lowest BCUT2D eigenvalue weighted by atomic mass is 10.0. The van der Waals surface area contributed by atoms with Crippen LogP contribution in [-0.4, -0.2) is 53.0 Å². The van der Waals surface area contributed by atoms with Crippen molar-refractivity contribution in [1.82, 2.24) is 10.2 Å². The van der Waals surface area contributed by atoms with E-state index in [2.05, 4.69) is 10.6 Å². The Balaban J connectivity index is 2.02. The van der Waals surface area contributed by atoms with E-state index in [1.54, 1.807) is 27.8 Å². The predicted molar refractivity (Wildman–Crippen MR) is 104 cm³/mol. The van der Waals surface area contributed by atoms with E-state index < -0.39 is 30.0 Å². The second-order valence-electron chi connectivity index (χ2n) is 7.92. The minimum atomic E-state index is -1.05. The number of aryl methyl sites for hydroxylation is 1. The minimum absolute atomic E-state index is 0.186. The number of hydrogen-bond acceptors (Lipinski definition) is 5. The van der Waals surface area contributed by atoms with E-state index in [9.17, 15) is 14.7 Å². The number of carbonyl (C=O) groups excluding carboxylic acids is 2. The molecule has 0 saturated heterocycles. The summed E-state index contributed by atoms with van der Waals surface area (Å²) in [6, 6.07) is 6.62. The zero-order valence-corrected chi connectivity index (χ0v) is 16.8. The third-order valence-electron chi connectivity index (χ3n) is 4.63. The van der Waals surface area contributed by atoms with Crippen LogP contribution in [0.4, 0.5) is 10.5 Å². The van der Waals surface area contributed by atoms with Crippen molar-refractivity contribution in [1.29, 1.82) is 0 Å². The first kappa shape index (κ1) is 21.2. The standard InChI is InChI=1S/C20H31N3O4/c1-6-16(23(5)19(26)27-20(2,3)4)18(25)22-15-12-11-13-9-7-8-10-14(13)21-17(15)24/h7-10,15-16,18,22,25H,6,11-12H2,1-5H3,(H,21,24). The molecule has 3 atom stereocenters. The number of aliphatic hydroxyl groups is 1. The quantitative estimate of drug-likeness (QED) is 0.686. The highest BCUT2D eigenvalue weighted by molar-refractivity contribution is 5.96. The van der Waals surface area contributed by atoms with Gasteiger partial charge in [-0.1, -0.05) is 25.1 Å². The molecule has 150 valence electrons. The van der Waals surface area contributed by atoms with Crippen molar-refractivity contribution >= 4 is 17.7 Å². The molecule has 0 fully saturated rings. The van der Waals surface area contributed by atoms with Gasteiger partial charge in [0.05, 0.1) is 12.1 Å². The number of anilines is 1. The fourth-order valence-corrected chi connectivity index (χ4v) is 3.17. The molecule has 7 heteroatoms. The average molecular weight is 377 g/mol. The number of nitrogens with zero attached hydrogens (tertiary/aromatic N) is 1. The zero-order valence-electron chi connectivity index (χ0n) is 16.8. The molecule has 3 N–H and O–H groups in total. The molecule has 0 aromatic heterocycles. The third-order valence-corrected chi connectivity index (χ3v) is 4.63. The van der Waals surface area contributed by atoms with Crippen molar-refractivity contribution in [3.05, 3.63) is 29.8 Å². The summed E-state index contributed by atoms with van der Waals surface area (Å²) in [6.07, 6.45) is 0.237. The molecule has 0 saturated carbocycles. The molecule has 1 aromatic rings. The Morgan fingerprint density at radius 1 is 1.41 bits per heavy atom. The Kier molecular flexibility index (Phi) is 6.84. The highest BCUT2D eigenvalue weighted by atomic mass is 16.6. The summed E-state index contributed by atoms with van der Waals surface area (Å²) in [7, 11) is 1.59. The number of para-hydroxylation sites is 1. The molecule has 0 radical (unpaired) electrons. The van der Waals surface area contributed by atoms with E-state index >= 15 is 0 Å². The first-order chi connectivity index (χ1) is 12.6. The molecule has 2 rings (SSSR count). The fourth-order valence-electron chi connectivity index (χ4n) is 3.17. The van der Waals surface area contributed by atoms with Gasteiger partial charge in [0.15, 0.2) is 0 Å². The summed E-state index contributed by atoms with van der Waals surface area (Å²) in [4.78, 5) is 26.2. The maximum absolute atomic E-state index is 12.5. The molecule has 1 aliphatic rings. The van der Waals surface area contributed by atoms with Gasteiger partial charge in [0.25, 0.3) is 0 Å². The van der Waals surface area contributed by atoms with Crippen molar-refractivity contribution in [2.24, 2.45) is 0 Å². The Morgan fingerprint density at radius 3 is 2.70 bits per heavy atom. The summed E-state index contributed by atoms with van der Waals surface area (Å²) >= 11 is 0. The molecule has 0 aliphatic carbocycles. The van der Waals surface area contributed by atoms with Crippen molar-refractivity contribution < 1.29 is 19.4 Å². The SMILES string of the molecule is CCC(C(O)NC1CCc2ccccc2NC1=O)N(C)C(=O)OC(C)(C)C. The minimum Gasteiger partial charge on any atom is -0.444 e. The molecule has 27 heavy (non-hydrogen) atoms. The number of ether oxygens (including phenoxy) is 1. The van der Waals surface area contributed by atoms with Crippen LogP contribution < -0.4 is 10.6 Å². The van der Waals surface area contributed by atoms with E-state index in [1.165, 1.54) is 4.90 Å². The zero-order chi connectivity index (χ0) is 20.2. The van der Waals surface area contributed by atoms with Gasteiger partial charge in [-0.3, -0.25) is 10.1 Å². The molecule has 2 amide bonds. The normalized spacial score (nSPS) is 19.3. The van der Waals surface area contributed by atoms with Gasteiger partial charge in [0, 0.05) is 12.7 Å². The maximum Gasteiger partial charge on any atom is 0.410 e. The third kappa shape index (κ3) is 5.68. The van der Waals surface area contributed by atoms with Crippen LogP contribution >= 0.6 is 0 Å². The average Bonchev–Trinajstić information content (AvgIpc) is 2.73. The summed E-state index contributed by atoms with van der Waals surface area (Å²) in [6.45, 7) is 7.26. The maximum atomic E-state index is 12.5. The van der Waals surface area contributed by atoms with Gasteiger partial charge < -0.3 is 20.1 Å². The van der Waals surface area contributed by atoms with E-state index in [1.807, 2.05) is 31.2 Å². The van der Waals surface area contributed by atoms with Gasteiger partial charge in [-0.05, 0) is 51.7 Å². The topological polar surface area (TPSA) is 90.9 Å². The van der Waals surface area contributed by atoms with E-state index in [0.29, 0.717) is 12.8 Å². The van der Waals surface area contributed by atoms with Gasteiger partial charge in [0.2, 0.25) is 5.91 Å². The number of benzene rings is 1. The number of aliphatic hydroxyl groups excluding tert-OH is 1. The number of amides is 2. The predicted octanol–water partition coefficient (Wildman–Crippen LogP) is 2.49. The van der Waals surface area contributed by atoms with Crippen LogP contribution in [0.3, 0.4) is 0 Å². The highest BCUT2D eigenvalue weighted by Gasteiger charge is 2.32. The summed E-state index contributed by atoms with van der Waals surface area (Å²) in [5.41, 5.74) is 1.26. The van der Waals surface area contributed by atoms with Crippen LogP contribution in [0.15, 0.2) is 24.3 Å². The van der Waals surface area contributed by atoms with Crippen LogP contribution in [0.5, 0.6) is 0 Å². The first-order valence-electron chi connectivity index (χ1n) is 9.41. The molecule has 1 aliphatic heterocycles. The van der Waals surface area contributed by atoms with Crippen LogP contribution in [-0.2, 0) is 16.0 Å². The first-order valence-corrected chi connectivity index (χ1v) is 9.41. The van der Waals surface area contributed by atoms with Crippen LogP contribution in [0.2, 0.25) is 0 Å². The Bertz CT molecular complexity index is 671. The van der Waals surface area contributed by atoms with E-state index in [0.717, 1.165) is 17.7 Å². The van der Waals surface area contributed by atoms with Crippen molar-refractivity contribution in [3.63, 3.8) is 0 Å². The number of likely N-dealkylation sites (N-methyl/N-ethyl adjacent to an activating group) is 1. The Morgan fingerprint density at radius 2 is 2.07 bits per heavy atom. The largest absolute Gasteiger partial charge is 0.444 e. The molecule has 7 nitrogen and oxygen atoms in total. The van der Waals surface area contributed by atoms with Crippen LogP contribution in [0, 0.1) is 0 Å². The van der Waals surface area contributed by atoms with Gasteiger partial charge in [-0.15, -0.1) is 0 Å². The van der Waals surface area contributed by atoms with Crippen LogP contribution in [0.25, 0.3) is 0 Å². The van der Waals surface area contributed by atoms with E-state index in [4.69, 9.17) is 4.74 Å². The fraction of sp³-hybridized carbons (Fsp3) is 0.600. The van der Waals surface area contributed by atoms with Gasteiger partial charge >= 0.3 is 6.09 Å². The van der Waals surface area contributed by atoms with E-state index in [-0.39, 0.29) is 5.91 Å². The van der Waals surface area contributed by atoms with Crippen molar-refractivity contribution in [2.45, 2.75) is 70.9 Å². The Labute approximate surface area is 161 Å². The lowest BCUT2D eigenvalue weighted by Gasteiger charge is -2.34. The molecule has 0 spiro atoms. The number of nitrogens with one attached hydrogen (secondary N) is 2. The molecule has 0 bridgehead atoms. The smallest absolute Gasteiger partial charge is 0.410 e. The summed E-state index contributed by atoms with van der Waals surface area (Å²) in [5, 5.41) is 16.6. The summed E-state index contributed by atoms with van der Waals surface area (Å²) < 4.78 is 5.37. The number of rotatable bonds is 5. The lowest BCUT2D eigenvalue weighted by Crippen LogP contribution is -2.56. The number of fused-ring (bicyclic) bond motifs is 1. The van der Waals surface area contributed by atoms with Gasteiger partial charge in [-0.2, -0.15) is 0 Å². The van der Waals surface area contributed by atoms with Crippen molar-refractivity contribution in [3.8, 4) is 0 Å². The molecule has 3 unspecified atom stereocenters. The molecule has 1 heterocycles. The summed E-state index contributed by atoms with van der Waals surface area (Å²) in [5.74, 6) is -0.186. The highest BCUT2D eigenvalue weighted by Crippen LogP contribution is 2.22. The second-order valence-corrected chi connectivity index (χ2v) is 7.92. The van der Waals surface area contributed by atoms with Crippen molar-refractivity contribution in [2.75, 3.05) is 12.4 Å². The molecule has 1 aromatic carbocycles.